The van der Waals surface area contributed by atoms with E-state index in [1.54, 1.807) is 0 Å². The number of non-ortho nitro benzene ring substituents is 1. The molecule has 6 nitrogen and oxygen atoms in total. The summed E-state index contributed by atoms with van der Waals surface area (Å²) < 4.78 is 5.86. The van der Waals surface area contributed by atoms with Gasteiger partial charge in [-0.3, -0.25) is 10.1 Å². The third-order valence-corrected chi connectivity index (χ3v) is 3.56. The van der Waals surface area contributed by atoms with Crippen molar-refractivity contribution in [3.8, 4) is 10.9 Å². The van der Waals surface area contributed by atoms with Gasteiger partial charge in [0.05, 0.1) is 15.0 Å². The van der Waals surface area contributed by atoms with E-state index in [0.29, 0.717) is 3.92 Å². The molecule has 94 valence electrons. The van der Waals surface area contributed by atoms with Crippen LogP contribution in [0.5, 0.6) is 10.9 Å². The molecule has 1 aromatic carbocycles. The van der Waals surface area contributed by atoms with E-state index in [4.69, 9.17) is 27.9 Å². The molecule has 0 atom stereocenters. The van der Waals surface area contributed by atoms with E-state index < -0.39 is 4.92 Å². The molecular formula is C8H2BrCl2N3O3S. The van der Waals surface area contributed by atoms with Crippen LogP contribution in [0.1, 0.15) is 0 Å². The number of nitrogens with zero attached hydrogens (tertiary/aromatic N) is 3. The topological polar surface area (TPSA) is 78.2 Å². The van der Waals surface area contributed by atoms with Gasteiger partial charge in [0, 0.05) is 12.1 Å². The van der Waals surface area contributed by atoms with Gasteiger partial charge in [0.25, 0.3) is 10.9 Å². The van der Waals surface area contributed by atoms with Gasteiger partial charge < -0.3 is 4.74 Å². The molecule has 0 N–H and O–H groups in total. The molecule has 1 heterocycles. The fraction of sp³-hybridized carbons (Fsp3) is 0. The molecule has 0 unspecified atom stereocenters. The summed E-state index contributed by atoms with van der Waals surface area (Å²) in [6, 6.07) is 2.30. The van der Waals surface area contributed by atoms with Crippen LogP contribution in [0.2, 0.25) is 10.0 Å². The highest BCUT2D eigenvalue weighted by Gasteiger charge is 2.17. The van der Waals surface area contributed by atoms with Gasteiger partial charge in [0.2, 0.25) is 0 Å². The second kappa shape index (κ2) is 5.35. The second-order valence-corrected chi connectivity index (χ2v) is 5.95. The van der Waals surface area contributed by atoms with Gasteiger partial charge in [-0.1, -0.05) is 28.3 Å². The van der Waals surface area contributed by atoms with Gasteiger partial charge in [-0.15, -0.1) is 5.10 Å². The van der Waals surface area contributed by atoms with Crippen molar-refractivity contribution in [2.45, 2.75) is 0 Å². The van der Waals surface area contributed by atoms with Crippen LogP contribution in [-0.4, -0.2) is 15.1 Å². The zero-order chi connectivity index (χ0) is 13.3. The molecule has 1 aromatic heterocycles. The number of halogens is 3. The first-order chi connectivity index (χ1) is 8.47. The van der Waals surface area contributed by atoms with E-state index in [1.165, 1.54) is 0 Å². The van der Waals surface area contributed by atoms with Crippen LogP contribution in [0.25, 0.3) is 0 Å². The Labute approximate surface area is 123 Å². The average molecular weight is 371 g/mol. The number of rotatable bonds is 3. The Morgan fingerprint density at radius 1 is 1.33 bits per heavy atom. The maximum atomic E-state index is 10.6. The van der Waals surface area contributed by atoms with Crippen molar-refractivity contribution in [1.82, 2.24) is 10.2 Å². The first-order valence-corrected chi connectivity index (χ1v) is 6.64. The van der Waals surface area contributed by atoms with Crippen LogP contribution in [0.3, 0.4) is 0 Å². The number of benzene rings is 1. The van der Waals surface area contributed by atoms with E-state index in [2.05, 4.69) is 26.1 Å². The molecule has 0 saturated carbocycles. The summed E-state index contributed by atoms with van der Waals surface area (Å²) in [6.45, 7) is 0. The SMILES string of the molecule is O=[N+]([O-])c1cc(Cl)c(Oc2nnc(Br)s2)c(Cl)c1. The minimum atomic E-state index is -0.594. The summed E-state index contributed by atoms with van der Waals surface area (Å²) in [5.74, 6) is 0.104. The first-order valence-electron chi connectivity index (χ1n) is 4.27. The van der Waals surface area contributed by atoms with Crippen molar-refractivity contribution in [2.75, 3.05) is 0 Å². The number of nitro groups is 1. The number of ether oxygens (including phenoxy) is 1. The van der Waals surface area contributed by atoms with Crippen molar-refractivity contribution in [3.63, 3.8) is 0 Å². The minimum Gasteiger partial charge on any atom is -0.427 e. The molecule has 0 amide bonds. The Morgan fingerprint density at radius 2 is 1.94 bits per heavy atom. The summed E-state index contributed by atoms with van der Waals surface area (Å²) in [6.07, 6.45) is 0. The predicted molar refractivity (Wildman–Crippen MR) is 70.8 cm³/mol. The van der Waals surface area contributed by atoms with Crippen molar-refractivity contribution in [3.05, 3.63) is 36.2 Å². The zero-order valence-corrected chi connectivity index (χ0v) is 12.2. The van der Waals surface area contributed by atoms with E-state index in [1.807, 2.05) is 0 Å². The molecule has 18 heavy (non-hydrogen) atoms. The summed E-state index contributed by atoms with van der Waals surface area (Å²) in [5.41, 5.74) is -0.212. The largest absolute Gasteiger partial charge is 0.427 e. The van der Waals surface area contributed by atoms with Gasteiger partial charge in [-0.2, -0.15) is 0 Å². The average Bonchev–Trinajstić information content (AvgIpc) is 2.69. The van der Waals surface area contributed by atoms with Gasteiger partial charge in [-0.25, -0.2) is 0 Å². The number of aromatic nitrogens is 2. The monoisotopic (exact) mass is 369 g/mol. The van der Waals surface area contributed by atoms with Crippen molar-refractivity contribution < 1.29 is 9.66 Å². The molecule has 2 aromatic rings. The summed E-state index contributed by atoms with van der Waals surface area (Å²) in [5, 5.41) is 18.3. The normalized spacial score (nSPS) is 10.4. The quantitative estimate of drug-likeness (QED) is 0.594. The molecule has 0 aliphatic rings. The Kier molecular flexibility index (Phi) is 4.00. The number of hydrogen-bond donors (Lipinski definition) is 0. The summed E-state index contributed by atoms with van der Waals surface area (Å²) in [4.78, 5) is 10.0. The van der Waals surface area contributed by atoms with Crippen LogP contribution < -0.4 is 4.74 Å². The smallest absolute Gasteiger partial charge is 0.300 e. The third-order valence-electron chi connectivity index (χ3n) is 1.77. The molecule has 10 heteroatoms. The zero-order valence-electron chi connectivity index (χ0n) is 8.26. The number of nitro benzene ring substituents is 1. The third kappa shape index (κ3) is 2.89. The second-order valence-electron chi connectivity index (χ2n) is 2.92. The lowest BCUT2D eigenvalue weighted by atomic mass is 10.3. The highest BCUT2D eigenvalue weighted by Crippen LogP contribution is 2.40. The van der Waals surface area contributed by atoms with Crippen LogP contribution >= 0.6 is 50.5 Å². The predicted octanol–water partition coefficient (Wildman–Crippen LogP) is 4.31. The molecule has 0 radical (unpaired) electrons. The summed E-state index contributed by atoms with van der Waals surface area (Å²) >= 11 is 16.0. The highest BCUT2D eigenvalue weighted by atomic mass is 79.9. The van der Waals surface area contributed by atoms with Crippen LogP contribution in [0.4, 0.5) is 5.69 Å². The Morgan fingerprint density at radius 3 is 2.39 bits per heavy atom. The molecule has 0 fully saturated rings. The highest BCUT2D eigenvalue weighted by molar-refractivity contribution is 9.11. The van der Waals surface area contributed by atoms with Gasteiger partial charge >= 0.3 is 0 Å². The molecule has 0 bridgehead atoms. The lowest BCUT2D eigenvalue weighted by Crippen LogP contribution is -1.91. The maximum Gasteiger partial charge on any atom is 0.300 e. The molecule has 0 aliphatic carbocycles. The molecule has 0 spiro atoms. The first kappa shape index (κ1) is 13.5. The molecule has 0 saturated heterocycles. The number of hydrogen-bond acceptors (Lipinski definition) is 6. The lowest BCUT2D eigenvalue weighted by Gasteiger charge is -2.05. The van der Waals surface area contributed by atoms with Crippen LogP contribution in [-0.2, 0) is 0 Å². The van der Waals surface area contributed by atoms with Crippen LogP contribution in [0.15, 0.2) is 16.0 Å². The van der Waals surface area contributed by atoms with E-state index >= 15 is 0 Å². The summed E-state index contributed by atoms with van der Waals surface area (Å²) in [7, 11) is 0. The van der Waals surface area contributed by atoms with Gasteiger partial charge in [-0.05, 0) is 27.3 Å². The minimum absolute atomic E-state index is 0.0283. The van der Waals surface area contributed by atoms with Crippen molar-refractivity contribution >= 4 is 56.2 Å². The Balaban J connectivity index is 2.37. The Bertz CT molecular complexity index is 598. The van der Waals surface area contributed by atoms with E-state index in [9.17, 15) is 10.1 Å². The van der Waals surface area contributed by atoms with Crippen molar-refractivity contribution in [2.24, 2.45) is 0 Å². The molecule has 2 rings (SSSR count). The van der Waals surface area contributed by atoms with Gasteiger partial charge in [0.15, 0.2) is 9.67 Å². The van der Waals surface area contributed by atoms with E-state index in [0.717, 1.165) is 23.5 Å². The Hall–Kier alpha value is -0.960. The van der Waals surface area contributed by atoms with Gasteiger partial charge in [0.1, 0.15) is 0 Å². The standard InChI is InChI=1S/C8H2BrCl2N3O3S/c9-7-12-13-8(18-7)17-6-4(10)1-3(14(15)16)2-5(6)11/h1-2H. The van der Waals surface area contributed by atoms with Crippen LogP contribution in [0, 0.1) is 10.1 Å². The fourth-order valence-electron chi connectivity index (χ4n) is 1.07. The maximum absolute atomic E-state index is 10.6. The molecular weight excluding hydrogens is 369 g/mol. The molecule has 0 aliphatic heterocycles. The van der Waals surface area contributed by atoms with Crippen molar-refractivity contribution in [1.29, 1.82) is 0 Å². The van der Waals surface area contributed by atoms with E-state index in [-0.39, 0.29) is 26.7 Å². The fourth-order valence-corrected chi connectivity index (χ4v) is 2.55. The lowest BCUT2D eigenvalue weighted by molar-refractivity contribution is -0.384.